The lowest BCUT2D eigenvalue weighted by molar-refractivity contribution is -0.145. The molecule has 1 aromatic carbocycles. The van der Waals surface area contributed by atoms with Crippen molar-refractivity contribution in [1.29, 1.82) is 0 Å². The van der Waals surface area contributed by atoms with Crippen LogP contribution in [0.4, 0.5) is 8.78 Å². The van der Waals surface area contributed by atoms with E-state index in [0.29, 0.717) is 12.2 Å². The van der Waals surface area contributed by atoms with Crippen molar-refractivity contribution in [2.45, 2.75) is 103 Å². The molecule has 0 amide bonds. The number of hydrogen-bond donors (Lipinski definition) is 1. The van der Waals surface area contributed by atoms with Crippen LogP contribution in [0.25, 0.3) is 0 Å². The van der Waals surface area contributed by atoms with Gasteiger partial charge >= 0.3 is 5.97 Å². The van der Waals surface area contributed by atoms with Gasteiger partial charge in [-0.25, -0.2) is 8.78 Å². The van der Waals surface area contributed by atoms with E-state index in [0.717, 1.165) is 25.3 Å². The average molecular weight is 412 g/mol. The summed E-state index contributed by atoms with van der Waals surface area (Å²) in [7, 11) is 0. The predicted molar refractivity (Wildman–Crippen MR) is 115 cm³/mol. The van der Waals surface area contributed by atoms with Gasteiger partial charge in [0.1, 0.15) is 17.7 Å². The van der Waals surface area contributed by atoms with E-state index in [2.05, 4.69) is 6.92 Å². The van der Waals surface area contributed by atoms with Gasteiger partial charge in [-0.05, 0) is 30.5 Å². The number of rotatable bonds is 17. The first-order valence-electron chi connectivity index (χ1n) is 11.4. The smallest absolute Gasteiger partial charge is 0.323 e. The maximum absolute atomic E-state index is 13.2. The Labute approximate surface area is 175 Å². The first-order chi connectivity index (χ1) is 14.0. The van der Waals surface area contributed by atoms with Gasteiger partial charge in [-0.2, -0.15) is 0 Å². The van der Waals surface area contributed by atoms with E-state index in [9.17, 15) is 13.6 Å². The summed E-state index contributed by atoms with van der Waals surface area (Å²) in [5.74, 6) is -1.87. The van der Waals surface area contributed by atoms with Crippen molar-refractivity contribution < 1.29 is 18.3 Å². The Balaban J connectivity index is 1.95. The van der Waals surface area contributed by atoms with Crippen LogP contribution in [0.5, 0.6) is 0 Å². The Bertz CT molecular complexity index is 546. The zero-order chi connectivity index (χ0) is 21.3. The van der Waals surface area contributed by atoms with Gasteiger partial charge in [-0.15, -0.1) is 0 Å². The van der Waals surface area contributed by atoms with Gasteiger partial charge in [0.15, 0.2) is 0 Å². The molecule has 0 aliphatic heterocycles. The number of ether oxygens (including phenoxy) is 1. The SMILES string of the molecule is CCCCCCCCCCCCCCCOC(=O)[C@@H](N)Cc1cc(F)cc(F)c1. The van der Waals surface area contributed by atoms with Crippen molar-refractivity contribution in [3.63, 3.8) is 0 Å². The molecule has 0 saturated carbocycles. The van der Waals surface area contributed by atoms with Gasteiger partial charge in [0, 0.05) is 6.07 Å². The molecule has 1 atom stereocenters. The van der Waals surface area contributed by atoms with E-state index in [4.69, 9.17) is 10.5 Å². The van der Waals surface area contributed by atoms with Crippen LogP contribution in [-0.4, -0.2) is 18.6 Å². The number of esters is 1. The quantitative estimate of drug-likeness (QED) is 0.236. The summed E-state index contributed by atoms with van der Waals surface area (Å²) < 4.78 is 31.5. The molecule has 1 rings (SSSR count). The Morgan fingerprint density at radius 3 is 1.76 bits per heavy atom. The van der Waals surface area contributed by atoms with Crippen molar-refractivity contribution >= 4 is 5.97 Å². The van der Waals surface area contributed by atoms with E-state index >= 15 is 0 Å². The third-order valence-electron chi connectivity index (χ3n) is 5.17. The normalized spacial score (nSPS) is 12.1. The van der Waals surface area contributed by atoms with Crippen LogP contribution in [0.2, 0.25) is 0 Å². The number of carbonyl (C=O) groups is 1. The fourth-order valence-electron chi connectivity index (χ4n) is 3.47. The molecule has 0 aromatic heterocycles. The molecule has 0 unspecified atom stereocenters. The zero-order valence-electron chi connectivity index (χ0n) is 18.1. The van der Waals surface area contributed by atoms with Crippen molar-refractivity contribution in [3.05, 3.63) is 35.4 Å². The summed E-state index contributed by atoms with van der Waals surface area (Å²) in [6.07, 6.45) is 16.4. The highest BCUT2D eigenvalue weighted by molar-refractivity contribution is 5.75. The second-order valence-electron chi connectivity index (χ2n) is 8.00. The molecular weight excluding hydrogens is 372 g/mol. The Kier molecular flexibility index (Phi) is 14.4. The van der Waals surface area contributed by atoms with Gasteiger partial charge in [-0.3, -0.25) is 4.79 Å². The minimum Gasteiger partial charge on any atom is -0.465 e. The van der Waals surface area contributed by atoms with E-state index < -0.39 is 23.6 Å². The predicted octanol–water partition coefficient (Wildman–Crippen LogP) is 6.47. The fraction of sp³-hybridized carbons (Fsp3) is 0.708. The third kappa shape index (κ3) is 13.4. The maximum atomic E-state index is 13.2. The number of carbonyl (C=O) groups excluding carboxylic acids is 1. The first kappa shape index (κ1) is 25.5. The second-order valence-corrected chi connectivity index (χ2v) is 8.00. The van der Waals surface area contributed by atoms with Crippen LogP contribution in [0, 0.1) is 11.6 Å². The van der Waals surface area contributed by atoms with Crippen molar-refractivity contribution in [3.8, 4) is 0 Å². The number of hydrogen-bond acceptors (Lipinski definition) is 3. The fourth-order valence-corrected chi connectivity index (χ4v) is 3.47. The largest absolute Gasteiger partial charge is 0.465 e. The molecule has 0 saturated heterocycles. The van der Waals surface area contributed by atoms with Gasteiger partial charge in [0.25, 0.3) is 0 Å². The van der Waals surface area contributed by atoms with E-state index in [1.54, 1.807) is 0 Å². The number of halogens is 2. The average Bonchev–Trinajstić information content (AvgIpc) is 2.67. The standard InChI is InChI=1S/C24H39F2NO2/c1-2-3-4-5-6-7-8-9-10-11-12-13-14-15-29-24(28)23(27)18-20-16-21(25)19-22(26)17-20/h16-17,19,23H,2-15,18,27H2,1H3/t23-/m0/s1. The van der Waals surface area contributed by atoms with E-state index in [-0.39, 0.29) is 6.42 Å². The number of benzene rings is 1. The summed E-state index contributed by atoms with van der Waals surface area (Å²) in [4.78, 5) is 11.9. The van der Waals surface area contributed by atoms with Gasteiger partial charge in [0.2, 0.25) is 0 Å². The van der Waals surface area contributed by atoms with Crippen molar-refractivity contribution in [1.82, 2.24) is 0 Å². The molecule has 0 spiro atoms. The van der Waals surface area contributed by atoms with Crippen LogP contribution in [0.1, 0.15) is 96.0 Å². The van der Waals surface area contributed by atoms with Crippen LogP contribution < -0.4 is 5.73 Å². The molecule has 166 valence electrons. The topological polar surface area (TPSA) is 52.3 Å². The second kappa shape index (κ2) is 16.3. The molecule has 0 aliphatic rings. The summed E-state index contributed by atoms with van der Waals surface area (Å²) >= 11 is 0. The van der Waals surface area contributed by atoms with Crippen LogP contribution >= 0.6 is 0 Å². The summed E-state index contributed by atoms with van der Waals surface area (Å²) in [5.41, 5.74) is 6.14. The third-order valence-corrected chi connectivity index (χ3v) is 5.17. The molecule has 29 heavy (non-hydrogen) atoms. The van der Waals surface area contributed by atoms with E-state index in [1.807, 2.05) is 0 Å². The van der Waals surface area contributed by atoms with Gasteiger partial charge in [-0.1, -0.05) is 84.0 Å². The minimum absolute atomic E-state index is 0.0616. The molecule has 0 heterocycles. The molecule has 0 aliphatic carbocycles. The summed E-state index contributed by atoms with van der Waals surface area (Å²) in [5, 5.41) is 0. The molecular formula is C24H39F2NO2. The van der Waals surface area contributed by atoms with Gasteiger partial charge in [0.05, 0.1) is 6.61 Å². The Morgan fingerprint density at radius 2 is 1.28 bits per heavy atom. The van der Waals surface area contributed by atoms with Crippen LogP contribution in [0.15, 0.2) is 18.2 Å². The first-order valence-corrected chi connectivity index (χ1v) is 11.4. The molecule has 0 bridgehead atoms. The molecule has 1 aromatic rings. The molecule has 3 nitrogen and oxygen atoms in total. The molecule has 0 radical (unpaired) electrons. The summed E-state index contributed by atoms with van der Waals surface area (Å²) in [6, 6.07) is 2.26. The number of unbranched alkanes of at least 4 members (excludes halogenated alkanes) is 12. The Morgan fingerprint density at radius 1 is 0.828 bits per heavy atom. The van der Waals surface area contributed by atoms with Gasteiger partial charge < -0.3 is 10.5 Å². The Hall–Kier alpha value is -1.49. The lowest BCUT2D eigenvalue weighted by atomic mass is 10.0. The minimum atomic E-state index is -0.904. The van der Waals surface area contributed by atoms with Crippen LogP contribution in [-0.2, 0) is 16.0 Å². The molecule has 0 fully saturated rings. The lowest BCUT2D eigenvalue weighted by Gasteiger charge is -2.12. The zero-order valence-corrected chi connectivity index (χ0v) is 18.1. The van der Waals surface area contributed by atoms with Crippen molar-refractivity contribution in [2.75, 3.05) is 6.61 Å². The molecule has 2 N–H and O–H groups in total. The monoisotopic (exact) mass is 411 g/mol. The van der Waals surface area contributed by atoms with Crippen LogP contribution in [0.3, 0.4) is 0 Å². The maximum Gasteiger partial charge on any atom is 0.323 e. The highest BCUT2D eigenvalue weighted by Crippen LogP contribution is 2.13. The lowest BCUT2D eigenvalue weighted by Crippen LogP contribution is -2.34. The summed E-state index contributed by atoms with van der Waals surface area (Å²) in [6.45, 7) is 2.60. The van der Waals surface area contributed by atoms with E-state index in [1.165, 1.54) is 76.3 Å². The highest BCUT2D eigenvalue weighted by atomic mass is 19.1. The van der Waals surface area contributed by atoms with Crippen molar-refractivity contribution in [2.24, 2.45) is 5.73 Å². The number of nitrogens with two attached hydrogens (primary N) is 1. The highest BCUT2D eigenvalue weighted by Gasteiger charge is 2.16. The molecule has 5 heteroatoms.